The van der Waals surface area contributed by atoms with Gasteiger partial charge in [0.05, 0.1) is 5.69 Å². The second-order valence-electron chi connectivity index (χ2n) is 4.80. The lowest BCUT2D eigenvalue weighted by Gasteiger charge is -2.35. The first-order valence-electron chi connectivity index (χ1n) is 6.07. The highest BCUT2D eigenvalue weighted by Crippen LogP contribution is 2.25. The number of piperidine rings is 1. The zero-order chi connectivity index (χ0) is 12.4. The lowest BCUT2D eigenvalue weighted by Crippen LogP contribution is -2.43. The molecule has 1 aromatic heterocycles. The molecule has 4 nitrogen and oxygen atoms in total. The Morgan fingerprint density at radius 2 is 2.29 bits per heavy atom. The smallest absolute Gasteiger partial charge is 0.186 e. The van der Waals surface area contributed by atoms with Gasteiger partial charge in [0.1, 0.15) is 6.33 Å². The maximum Gasteiger partial charge on any atom is 0.186 e. The number of hydrogen-bond donors (Lipinski definition) is 1. The van der Waals surface area contributed by atoms with E-state index in [0.29, 0.717) is 17.4 Å². The summed E-state index contributed by atoms with van der Waals surface area (Å²) in [7, 11) is 0. The topological polar surface area (TPSA) is 55.0 Å². The van der Waals surface area contributed by atoms with Crippen molar-refractivity contribution in [3.8, 4) is 0 Å². The van der Waals surface area contributed by atoms with Crippen LogP contribution in [-0.2, 0) is 0 Å². The first-order valence-corrected chi connectivity index (χ1v) is 6.07. The van der Waals surface area contributed by atoms with E-state index < -0.39 is 0 Å². The van der Waals surface area contributed by atoms with Crippen LogP contribution >= 0.6 is 0 Å². The van der Waals surface area contributed by atoms with Crippen LogP contribution in [0.4, 0.5) is 10.2 Å². The van der Waals surface area contributed by atoms with Crippen LogP contribution in [-0.4, -0.2) is 29.1 Å². The molecule has 1 aromatic rings. The molecule has 1 aliphatic rings. The molecule has 1 fully saturated rings. The third-order valence-corrected chi connectivity index (χ3v) is 3.45. The summed E-state index contributed by atoms with van der Waals surface area (Å²) in [5.41, 5.74) is 6.32. The van der Waals surface area contributed by atoms with Gasteiger partial charge in [0.15, 0.2) is 11.6 Å². The van der Waals surface area contributed by atoms with E-state index in [1.807, 2.05) is 11.8 Å². The molecule has 2 heterocycles. The van der Waals surface area contributed by atoms with Gasteiger partial charge < -0.3 is 10.6 Å². The molecule has 1 saturated heterocycles. The molecule has 94 valence electrons. The van der Waals surface area contributed by atoms with Crippen LogP contribution in [0.5, 0.6) is 0 Å². The van der Waals surface area contributed by atoms with Crippen LogP contribution in [0.1, 0.15) is 25.5 Å². The van der Waals surface area contributed by atoms with Crippen molar-refractivity contribution in [1.82, 2.24) is 9.97 Å². The second kappa shape index (κ2) is 4.96. The Balaban J connectivity index is 2.19. The van der Waals surface area contributed by atoms with Crippen LogP contribution in [0.3, 0.4) is 0 Å². The Hall–Kier alpha value is -1.23. The molecule has 0 saturated carbocycles. The second-order valence-corrected chi connectivity index (χ2v) is 4.80. The highest BCUT2D eigenvalue weighted by molar-refractivity contribution is 5.41. The van der Waals surface area contributed by atoms with Crippen molar-refractivity contribution in [2.45, 2.75) is 32.7 Å². The van der Waals surface area contributed by atoms with E-state index in [-0.39, 0.29) is 11.9 Å². The molecule has 17 heavy (non-hydrogen) atoms. The number of halogens is 1. The van der Waals surface area contributed by atoms with Gasteiger partial charge in [0.2, 0.25) is 0 Å². The lowest BCUT2D eigenvalue weighted by molar-refractivity contribution is 0.360. The SMILES string of the molecule is Cc1ncnc(N2CCCC(C(C)N)C2)c1F. The fourth-order valence-corrected chi connectivity index (χ4v) is 2.30. The summed E-state index contributed by atoms with van der Waals surface area (Å²) in [5.74, 6) is 0.527. The molecule has 2 unspecified atom stereocenters. The Morgan fingerprint density at radius 1 is 1.53 bits per heavy atom. The molecule has 2 atom stereocenters. The molecule has 2 N–H and O–H groups in total. The van der Waals surface area contributed by atoms with Crippen molar-refractivity contribution in [1.29, 1.82) is 0 Å². The Bertz CT molecular complexity index is 394. The highest BCUT2D eigenvalue weighted by Gasteiger charge is 2.25. The average Bonchev–Trinajstić information content (AvgIpc) is 2.33. The van der Waals surface area contributed by atoms with Crippen LogP contribution in [0, 0.1) is 18.7 Å². The largest absolute Gasteiger partial charge is 0.354 e. The monoisotopic (exact) mass is 238 g/mol. The van der Waals surface area contributed by atoms with Gasteiger partial charge in [-0.15, -0.1) is 0 Å². The summed E-state index contributed by atoms with van der Waals surface area (Å²) in [6, 6.07) is 0.142. The van der Waals surface area contributed by atoms with Crippen LogP contribution in [0.15, 0.2) is 6.33 Å². The molecule has 0 aliphatic carbocycles. The van der Waals surface area contributed by atoms with Gasteiger partial charge >= 0.3 is 0 Å². The predicted molar refractivity (Wildman–Crippen MR) is 65.3 cm³/mol. The summed E-state index contributed by atoms with van der Waals surface area (Å²) in [6.45, 7) is 5.30. The number of nitrogens with zero attached hydrogens (tertiary/aromatic N) is 3. The number of aryl methyl sites for hydroxylation is 1. The van der Waals surface area contributed by atoms with E-state index in [2.05, 4.69) is 9.97 Å². The first kappa shape index (κ1) is 12.2. The summed E-state index contributed by atoms with van der Waals surface area (Å²) >= 11 is 0. The number of rotatable bonds is 2. The van der Waals surface area contributed by atoms with E-state index in [0.717, 1.165) is 25.9 Å². The molecule has 0 radical (unpaired) electrons. The van der Waals surface area contributed by atoms with Crippen LogP contribution in [0.2, 0.25) is 0 Å². The third-order valence-electron chi connectivity index (χ3n) is 3.45. The minimum absolute atomic E-state index is 0.142. The standard InChI is InChI=1S/C12H19FN4/c1-8(14)10-4-3-5-17(6-10)12-11(13)9(2)15-7-16-12/h7-8,10H,3-6,14H2,1-2H3. The van der Waals surface area contributed by atoms with Crippen molar-refractivity contribution in [2.75, 3.05) is 18.0 Å². The minimum atomic E-state index is -0.308. The molecule has 0 aromatic carbocycles. The molecule has 1 aliphatic heterocycles. The predicted octanol–water partition coefficient (Wildman–Crippen LogP) is 1.49. The first-order chi connectivity index (χ1) is 8.09. The Morgan fingerprint density at radius 3 is 3.00 bits per heavy atom. The van der Waals surface area contributed by atoms with Crippen molar-refractivity contribution in [3.63, 3.8) is 0 Å². The Kier molecular flexibility index (Phi) is 3.57. The minimum Gasteiger partial charge on any atom is -0.354 e. The summed E-state index contributed by atoms with van der Waals surface area (Å²) in [4.78, 5) is 9.89. The van der Waals surface area contributed by atoms with Crippen molar-refractivity contribution in [3.05, 3.63) is 17.8 Å². The van der Waals surface area contributed by atoms with Gasteiger partial charge in [-0.05, 0) is 32.6 Å². The maximum atomic E-state index is 13.9. The van der Waals surface area contributed by atoms with Crippen LogP contribution < -0.4 is 10.6 Å². The average molecular weight is 238 g/mol. The summed E-state index contributed by atoms with van der Waals surface area (Å²) in [5, 5.41) is 0. The van der Waals surface area contributed by atoms with Crippen molar-refractivity contribution >= 4 is 5.82 Å². The molecule has 0 bridgehead atoms. The zero-order valence-electron chi connectivity index (χ0n) is 10.4. The third kappa shape index (κ3) is 2.54. The molecule has 0 spiro atoms. The van der Waals surface area contributed by atoms with E-state index in [1.165, 1.54) is 6.33 Å². The van der Waals surface area contributed by atoms with E-state index in [1.54, 1.807) is 6.92 Å². The van der Waals surface area contributed by atoms with E-state index in [4.69, 9.17) is 5.73 Å². The van der Waals surface area contributed by atoms with Crippen molar-refractivity contribution < 1.29 is 4.39 Å². The van der Waals surface area contributed by atoms with Gasteiger partial charge in [-0.3, -0.25) is 0 Å². The summed E-state index contributed by atoms with van der Waals surface area (Å²) in [6.07, 6.45) is 3.57. The normalized spacial score (nSPS) is 22.6. The zero-order valence-corrected chi connectivity index (χ0v) is 10.4. The number of hydrogen-bond acceptors (Lipinski definition) is 4. The molecule has 0 amide bonds. The van der Waals surface area contributed by atoms with Gasteiger partial charge in [-0.1, -0.05) is 0 Å². The molecular formula is C12H19FN4. The van der Waals surface area contributed by atoms with Gasteiger partial charge in [0.25, 0.3) is 0 Å². The fraction of sp³-hybridized carbons (Fsp3) is 0.667. The maximum absolute atomic E-state index is 13.9. The number of anilines is 1. The van der Waals surface area contributed by atoms with Gasteiger partial charge in [-0.2, -0.15) is 0 Å². The highest BCUT2D eigenvalue weighted by atomic mass is 19.1. The fourth-order valence-electron chi connectivity index (χ4n) is 2.30. The van der Waals surface area contributed by atoms with Gasteiger partial charge in [-0.25, -0.2) is 14.4 Å². The molecule has 2 rings (SSSR count). The van der Waals surface area contributed by atoms with Crippen molar-refractivity contribution in [2.24, 2.45) is 11.7 Å². The van der Waals surface area contributed by atoms with Gasteiger partial charge in [0, 0.05) is 19.1 Å². The van der Waals surface area contributed by atoms with E-state index in [9.17, 15) is 4.39 Å². The molecular weight excluding hydrogens is 219 g/mol. The number of aromatic nitrogens is 2. The van der Waals surface area contributed by atoms with E-state index >= 15 is 0 Å². The lowest BCUT2D eigenvalue weighted by atomic mass is 9.92. The quantitative estimate of drug-likeness (QED) is 0.848. The summed E-state index contributed by atoms with van der Waals surface area (Å²) < 4.78 is 13.9. The molecule has 5 heteroatoms. The van der Waals surface area contributed by atoms with Crippen LogP contribution in [0.25, 0.3) is 0 Å². The number of nitrogens with two attached hydrogens (primary N) is 1. The Labute approximate surface area is 101 Å².